The largest absolute Gasteiger partial charge is 0.496 e. The average molecular weight is 527 g/mol. The van der Waals surface area contributed by atoms with Crippen molar-refractivity contribution in [1.82, 2.24) is 4.98 Å². The third-order valence-electron chi connectivity index (χ3n) is 8.39. The van der Waals surface area contributed by atoms with Crippen LogP contribution in [0, 0.1) is 30.6 Å². The van der Waals surface area contributed by atoms with Crippen molar-refractivity contribution in [2.45, 2.75) is 70.3 Å². The van der Waals surface area contributed by atoms with Crippen LogP contribution in [0.2, 0.25) is 0 Å². The van der Waals surface area contributed by atoms with Crippen molar-refractivity contribution in [1.29, 1.82) is 0 Å². The van der Waals surface area contributed by atoms with Crippen LogP contribution in [-0.2, 0) is 4.79 Å². The molecule has 2 saturated carbocycles. The Morgan fingerprint density at radius 3 is 2.54 bits per heavy atom. The molecule has 0 unspecified atom stereocenters. The second-order valence-electron chi connectivity index (χ2n) is 11.0. The van der Waals surface area contributed by atoms with Gasteiger partial charge < -0.3 is 19.2 Å². The highest BCUT2D eigenvalue weighted by Crippen LogP contribution is 2.38. The monoisotopic (exact) mass is 526 g/mol. The molecule has 2 aliphatic carbocycles. The molecule has 5 rings (SSSR count). The van der Waals surface area contributed by atoms with Gasteiger partial charge in [-0.15, -0.1) is 0 Å². The molecule has 2 aliphatic rings. The first-order valence-corrected chi connectivity index (χ1v) is 14.2. The minimum atomic E-state index is -0.284. The van der Waals surface area contributed by atoms with Crippen LogP contribution in [0.1, 0.15) is 79.9 Å². The highest BCUT2D eigenvalue weighted by atomic mass is 16.5. The predicted molar refractivity (Wildman–Crippen MR) is 152 cm³/mol. The fourth-order valence-corrected chi connectivity index (χ4v) is 6.12. The van der Waals surface area contributed by atoms with Crippen LogP contribution in [-0.4, -0.2) is 35.8 Å². The highest BCUT2D eigenvalue weighted by Gasteiger charge is 2.32. The summed E-state index contributed by atoms with van der Waals surface area (Å²) in [5.41, 5.74) is 4.27. The third kappa shape index (κ3) is 6.72. The molecular formula is C33H38N2O4. The summed E-state index contributed by atoms with van der Waals surface area (Å²) in [5.74, 6) is 8.50. The van der Waals surface area contributed by atoms with Crippen molar-refractivity contribution < 1.29 is 19.1 Å². The Labute approximate surface area is 231 Å². The molecule has 0 saturated heterocycles. The molecule has 1 heterocycles. The Kier molecular flexibility index (Phi) is 8.68. The van der Waals surface area contributed by atoms with Gasteiger partial charge in [0, 0.05) is 23.7 Å². The summed E-state index contributed by atoms with van der Waals surface area (Å²) < 4.78 is 10.7. The smallest absolute Gasteiger partial charge is 0.273 e. The second kappa shape index (κ2) is 12.5. The van der Waals surface area contributed by atoms with E-state index in [9.17, 15) is 9.90 Å². The number of carbonyl (C=O) groups is 1. The number of anilines is 1. The molecule has 204 valence electrons. The Bertz CT molecular complexity index is 1310. The highest BCUT2D eigenvalue weighted by molar-refractivity contribution is 5.95. The summed E-state index contributed by atoms with van der Waals surface area (Å²) in [7, 11) is 1.72. The lowest BCUT2D eigenvalue weighted by Crippen LogP contribution is -2.41. The maximum Gasteiger partial charge on any atom is 0.273 e. The van der Waals surface area contributed by atoms with Crippen LogP contribution in [0.5, 0.6) is 5.75 Å². The van der Waals surface area contributed by atoms with Gasteiger partial charge in [0.05, 0.1) is 19.4 Å². The second-order valence-corrected chi connectivity index (χ2v) is 11.0. The number of benzene rings is 2. The minimum absolute atomic E-state index is 0.0472. The van der Waals surface area contributed by atoms with Crippen LogP contribution < -0.4 is 9.64 Å². The van der Waals surface area contributed by atoms with Crippen LogP contribution in [0.25, 0.3) is 0 Å². The molecule has 0 atom stereocenters. The number of methoxy groups -OCH3 is 1. The van der Waals surface area contributed by atoms with Gasteiger partial charge in [-0.2, -0.15) is 0 Å². The Morgan fingerprint density at radius 1 is 1.05 bits per heavy atom. The van der Waals surface area contributed by atoms with Gasteiger partial charge >= 0.3 is 0 Å². The fourth-order valence-electron chi connectivity index (χ4n) is 6.12. The van der Waals surface area contributed by atoms with E-state index >= 15 is 0 Å². The molecule has 1 amide bonds. The predicted octanol–water partition coefficient (Wildman–Crippen LogP) is 6.25. The standard InChI is InChI=1S/C33H38N2O4/c1-23-20-28(13-16-31(23)38-2)26-9-6-25(7-10-26)22-35(33(37)27-11-14-30(36)15-12-27)29-5-3-4-24(21-29)8-17-32-34-18-19-39-32/h3-5,13,16,18-21,25-27,30,36H,6-7,9-12,14-15,22H2,1-2H3. The Balaban J connectivity index is 1.31. The van der Waals surface area contributed by atoms with E-state index in [1.165, 1.54) is 17.4 Å². The lowest BCUT2D eigenvalue weighted by Gasteiger charge is -2.36. The molecule has 6 nitrogen and oxygen atoms in total. The maximum absolute atomic E-state index is 13.9. The van der Waals surface area contributed by atoms with E-state index in [0.717, 1.165) is 55.5 Å². The van der Waals surface area contributed by atoms with E-state index in [-0.39, 0.29) is 17.9 Å². The van der Waals surface area contributed by atoms with E-state index in [2.05, 4.69) is 41.9 Å². The van der Waals surface area contributed by atoms with Crippen molar-refractivity contribution in [3.05, 3.63) is 77.5 Å². The number of hydrogen-bond donors (Lipinski definition) is 1. The van der Waals surface area contributed by atoms with Gasteiger partial charge in [0.1, 0.15) is 12.0 Å². The molecule has 1 aromatic heterocycles. The average Bonchev–Trinajstić information content (AvgIpc) is 3.49. The number of aliphatic hydroxyl groups excluding tert-OH is 1. The molecule has 0 spiro atoms. The van der Waals surface area contributed by atoms with E-state index in [1.54, 1.807) is 13.3 Å². The summed E-state index contributed by atoms with van der Waals surface area (Å²) in [5, 5.41) is 10.0. The maximum atomic E-state index is 13.9. The van der Waals surface area contributed by atoms with Crippen molar-refractivity contribution in [2.75, 3.05) is 18.6 Å². The number of nitrogens with zero attached hydrogens (tertiary/aromatic N) is 2. The Morgan fingerprint density at radius 2 is 1.85 bits per heavy atom. The molecule has 0 aliphatic heterocycles. The summed E-state index contributed by atoms with van der Waals surface area (Å²) >= 11 is 0. The lowest BCUT2D eigenvalue weighted by molar-refractivity contribution is -0.124. The molecule has 3 aromatic rings. The number of hydrogen-bond acceptors (Lipinski definition) is 5. The van der Waals surface area contributed by atoms with Gasteiger partial charge in [-0.25, -0.2) is 4.98 Å². The van der Waals surface area contributed by atoms with Gasteiger partial charge in [-0.05, 0) is 111 Å². The van der Waals surface area contributed by atoms with Crippen LogP contribution in [0.4, 0.5) is 5.69 Å². The van der Waals surface area contributed by atoms with Gasteiger partial charge in [0.2, 0.25) is 5.91 Å². The molecule has 2 fully saturated rings. The first kappa shape index (κ1) is 27.0. The number of aliphatic hydroxyl groups is 1. The van der Waals surface area contributed by atoms with E-state index in [0.29, 0.717) is 37.1 Å². The third-order valence-corrected chi connectivity index (χ3v) is 8.39. The van der Waals surface area contributed by atoms with Crippen LogP contribution in [0.15, 0.2) is 59.3 Å². The lowest BCUT2D eigenvalue weighted by atomic mass is 9.78. The summed E-state index contributed by atoms with van der Waals surface area (Å²) in [6, 6.07) is 14.5. The first-order chi connectivity index (χ1) is 19.0. The van der Waals surface area contributed by atoms with Crippen molar-refractivity contribution >= 4 is 11.6 Å². The zero-order chi connectivity index (χ0) is 27.2. The summed E-state index contributed by atoms with van der Waals surface area (Å²) in [4.78, 5) is 20.0. The molecular weight excluding hydrogens is 488 g/mol. The van der Waals surface area contributed by atoms with Gasteiger partial charge in [-0.1, -0.05) is 24.1 Å². The minimum Gasteiger partial charge on any atom is -0.496 e. The van der Waals surface area contributed by atoms with E-state index in [1.807, 2.05) is 29.2 Å². The number of carbonyl (C=O) groups excluding carboxylic acids is 1. The number of oxazole rings is 1. The number of aromatic nitrogens is 1. The SMILES string of the molecule is COc1ccc(C2CCC(CN(C(=O)C3CCC(O)CC3)c3cccc(C#Cc4ncco4)c3)CC2)cc1C. The van der Waals surface area contributed by atoms with Gasteiger partial charge in [-0.3, -0.25) is 4.79 Å². The van der Waals surface area contributed by atoms with Crippen molar-refractivity contribution in [3.8, 4) is 17.6 Å². The Hall–Kier alpha value is -3.56. The van der Waals surface area contributed by atoms with Crippen LogP contribution >= 0.6 is 0 Å². The molecule has 1 N–H and O–H groups in total. The van der Waals surface area contributed by atoms with Crippen LogP contribution in [0.3, 0.4) is 0 Å². The zero-order valence-corrected chi connectivity index (χ0v) is 22.9. The molecule has 6 heteroatoms. The normalized spacial score (nSPS) is 22.9. The summed E-state index contributed by atoms with van der Waals surface area (Å²) in [6.45, 7) is 2.81. The topological polar surface area (TPSA) is 75.8 Å². The van der Waals surface area contributed by atoms with E-state index in [4.69, 9.17) is 9.15 Å². The zero-order valence-electron chi connectivity index (χ0n) is 22.9. The van der Waals surface area contributed by atoms with Gasteiger partial charge in [0.25, 0.3) is 5.89 Å². The molecule has 0 bridgehead atoms. The first-order valence-electron chi connectivity index (χ1n) is 14.2. The van der Waals surface area contributed by atoms with Crippen molar-refractivity contribution in [3.63, 3.8) is 0 Å². The molecule has 0 radical (unpaired) electrons. The summed E-state index contributed by atoms with van der Waals surface area (Å²) in [6.07, 6.45) is 10.1. The quantitative estimate of drug-likeness (QED) is 0.384. The molecule has 39 heavy (non-hydrogen) atoms. The fraction of sp³-hybridized carbons (Fsp3) is 0.455. The van der Waals surface area contributed by atoms with Crippen molar-refractivity contribution in [2.24, 2.45) is 11.8 Å². The van der Waals surface area contributed by atoms with E-state index < -0.39 is 0 Å². The van der Waals surface area contributed by atoms with Gasteiger partial charge in [0.15, 0.2) is 0 Å². The number of aryl methyl sites for hydroxylation is 1. The molecule has 2 aromatic carbocycles. The number of ether oxygens (including phenoxy) is 1. The number of rotatable bonds is 6. The number of amides is 1.